The number of ketones is 1. The fourth-order valence-corrected chi connectivity index (χ4v) is 3.19. The van der Waals surface area contributed by atoms with Crippen molar-refractivity contribution in [2.75, 3.05) is 6.54 Å². The Labute approximate surface area is 197 Å². The van der Waals surface area contributed by atoms with Gasteiger partial charge in [-0.25, -0.2) is 9.37 Å². The van der Waals surface area contributed by atoms with Crippen LogP contribution < -0.4 is 11.1 Å². The molecule has 2 aromatic carbocycles. The molecule has 9 heteroatoms. The van der Waals surface area contributed by atoms with E-state index >= 15 is 0 Å². The van der Waals surface area contributed by atoms with Crippen LogP contribution in [0.4, 0.5) is 4.39 Å². The zero-order valence-electron chi connectivity index (χ0n) is 19.3. The van der Waals surface area contributed by atoms with Crippen molar-refractivity contribution in [3.05, 3.63) is 94.8 Å². The van der Waals surface area contributed by atoms with Crippen LogP contribution in [-0.2, 0) is 6.54 Å². The van der Waals surface area contributed by atoms with Crippen LogP contribution in [0, 0.1) is 12.7 Å². The number of rotatable bonds is 6. The molecule has 1 atom stereocenters. The first-order chi connectivity index (χ1) is 16.3. The standard InChI is InChI=1S/C16H14FN5O2.C9H13N/c1-9-5-11(3-4-12(9)17)7-18-15(24)13-6-14(10(2)23)22-16(21-13)19-8-20-22;1-8(7-10)9-5-3-2-4-6-9/h3-6,8H,7H2,1-2H3,(H,18,24);2-6,8H,7,10H2,1H3/t;8-/m.0/s1. The maximum atomic E-state index is 13.3. The number of aromatic nitrogens is 4. The van der Waals surface area contributed by atoms with Crippen LogP contribution in [0.3, 0.4) is 0 Å². The molecule has 0 spiro atoms. The van der Waals surface area contributed by atoms with Gasteiger partial charge in [0.05, 0.1) is 0 Å². The number of benzene rings is 2. The second-order valence-corrected chi connectivity index (χ2v) is 7.87. The van der Waals surface area contributed by atoms with Gasteiger partial charge in [0.15, 0.2) is 5.78 Å². The smallest absolute Gasteiger partial charge is 0.270 e. The number of fused-ring (bicyclic) bond motifs is 1. The summed E-state index contributed by atoms with van der Waals surface area (Å²) < 4.78 is 14.5. The van der Waals surface area contributed by atoms with Crippen molar-refractivity contribution in [1.29, 1.82) is 0 Å². The summed E-state index contributed by atoms with van der Waals surface area (Å²) in [4.78, 5) is 32.0. The molecule has 0 aliphatic carbocycles. The molecule has 0 fully saturated rings. The number of carbonyl (C=O) groups is 2. The van der Waals surface area contributed by atoms with Crippen molar-refractivity contribution in [2.24, 2.45) is 5.73 Å². The lowest BCUT2D eigenvalue weighted by Crippen LogP contribution is -2.25. The van der Waals surface area contributed by atoms with Crippen LogP contribution in [0.5, 0.6) is 0 Å². The summed E-state index contributed by atoms with van der Waals surface area (Å²) in [5.41, 5.74) is 8.38. The van der Waals surface area contributed by atoms with Crippen molar-refractivity contribution < 1.29 is 14.0 Å². The number of hydrogen-bond acceptors (Lipinski definition) is 6. The zero-order chi connectivity index (χ0) is 24.7. The molecule has 8 nitrogen and oxygen atoms in total. The molecular formula is C25H27FN6O2. The van der Waals surface area contributed by atoms with Gasteiger partial charge in [-0.2, -0.15) is 14.6 Å². The lowest BCUT2D eigenvalue weighted by atomic mass is 10.0. The van der Waals surface area contributed by atoms with Crippen molar-refractivity contribution >= 4 is 17.5 Å². The number of Topliss-reactive ketones (excluding diaryl/α,β-unsaturated/α-hetero) is 1. The first-order valence-corrected chi connectivity index (χ1v) is 10.8. The summed E-state index contributed by atoms with van der Waals surface area (Å²) in [6.45, 7) is 6.11. The summed E-state index contributed by atoms with van der Waals surface area (Å²) in [6.07, 6.45) is 1.26. The lowest BCUT2D eigenvalue weighted by Gasteiger charge is -2.07. The number of hydrogen-bond donors (Lipinski definition) is 2. The first kappa shape index (κ1) is 24.7. The van der Waals surface area contributed by atoms with E-state index in [2.05, 4.69) is 39.4 Å². The van der Waals surface area contributed by atoms with E-state index in [0.29, 0.717) is 11.5 Å². The van der Waals surface area contributed by atoms with Crippen molar-refractivity contribution in [2.45, 2.75) is 33.2 Å². The SMILES string of the molecule is CC(=O)c1cc(C(=O)NCc2ccc(F)c(C)c2)nc2ncnn12.C[C@@H](CN)c1ccccc1. The Balaban J connectivity index is 0.000000271. The molecule has 4 aromatic rings. The van der Waals surface area contributed by atoms with E-state index in [4.69, 9.17) is 5.73 Å². The summed E-state index contributed by atoms with van der Waals surface area (Å²) >= 11 is 0. The Bertz CT molecular complexity index is 1290. The largest absolute Gasteiger partial charge is 0.347 e. The molecule has 0 unspecified atom stereocenters. The van der Waals surface area contributed by atoms with Crippen molar-refractivity contribution in [3.8, 4) is 0 Å². The monoisotopic (exact) mass is 462 g/mol. The van der Waals surface area contributed by atoms with Gasteiger partial charge in [0.1, 0.15) is 23.5 Å². The summed E-state index contributed by atoms with van der Waals surface area (Å²) in [5, 5.41) is 6.60. The van der Waals surface area contributed by atoms with E-state index in [-0.39, 0.29) is 35.3 Å². The molecule has 0 bridgehead atoms. The third-order valence-electron chi connectivity index (χ3n) is 5.24. The molecule has 2 heterocycles. The van der Waals surface area contributed by atoms with Gasteiger partial charge in [0.2, 0.25) is 0 Å². The number of halogens is 1. The second kappa shape index (κ2) is 11.2. The fraction of sp³-hybridized carbons (Fsp3) is 0.240. The Hall–Kier alpha value is -3.98. The van der Waals surface area contributed by atoms with Gasteiger partial charge in [-0.05, 0) is 48.2 Å². The predicted molar refractivity (Wildman–Crippen MR) is 127 cm³/mol. The lowest BCUT2D eigenvalue weighted by molar-refractivity contribution is 0.0946. The molecule has 34 heavy (non-hydrogen) atoms. The number of nitrogens with one attached hydrogen (secondary N) is 1. The van der Waals surface area contributed by atoms with Crippen LogP contribution in [0.1, 0.15) is 57.4 Å². The highest BCUT2D eigenvalue weighted by Gasteiger charge is 2.15. The Morgan fingerprint density at radius 3 is 2.53 bits per heavy atom. The van der Waals surface area contributed by atoms with Crippen LogP contribution in [0.2, 0.25) is 0 Å². The molecule has 1 amide bonds. The average Bonchev–Trinajstić information content (AvgIpc) is 3.33. The van der Waals surface area contributed by atoms with Crippen LogP contribution >= 0.6 is 0 Å². The molecule has 4 rings (SSSR count). The van der Waals surface area contributed by atoms with Crippen LogP contribution in [-0.4, -0.2) is 37.8 Å². The number of nitrogens with zero attached hydrogens (tertiary/aromatic N) is 4. The van der Waals surface area contributed by atoms with E-state index in [0.717, 1.165) is 12.1 Å². The average molecular weight is 463 g/mol. The molecule has 3 N–H and O–H groups in total. The highest BCUT2D eigenvalue weighted by molar-refractivity contribution is 5.98. The second-order valence-electron chi connectivity index (χ2n) is 7.87. The number of aryl methyl sites for hydroxylation is 1. The molecule has 0 saturated carbocycles. The van der Waals surface area contributed by atoms with E-state index in [1.807, 2.05) is 18.2 Å². The topological polar surface area (TPSA) is 115 Å². The number of amides is 1. The highest BCUT2D eigenvalue weighted by atomic mass is 19.1. The number of carbonyl (C=O) groups excluding carboxylic acids is 2. The molecule has 0 radical (unpaired) electrons. The summed E-state index contributed by atoms with van der Waals surface area (Å²) in [6, 6.07) is 16.3. The third kappa shape index (κ3) is 6.08. The Morgan fingerprint density at radius 1 is 1.15 bits per heavy atom. The van der Waals surface area contributed by atoms with Crippen LogP contribution in [0.15, 0.2) is 60.9 Å². The van der Waals surface area contributed by atoms with Gasteiger partial charge in [0.25, 0.3) is 11.7 Å². The van der Waals surface area contributed by atoms with Gasteiger partial charge in [-0.15, -0.1) is 0 Å². The van der Waals surface area contributed by atoms with Gasteiger partial charge < -0.3 is 11.1 Å². The Morgan fingerprint density at radius 2 is 1.88 bits per heavy atom. The molecule has 0 aliphatic rings. The fourth-order valence-electron chi connectivity index (χ4n) is 3.19. The van der Waals surface area contributed by atoms with Gasteiger partial charge in [-0.1, -0.05) is 49.4 Å². The first-order valence-electron chi connectivity index (χ1n) is 10.8. The molecule has 176 valence electrons. The maximum Gasteiger partial charge on any atom is 0.270 e. The quantitative estimate of drug-likeness (QED) is 0.424. The molecule has 0 saturated heterocycles. The molecular weight excluding hydrogens is 435 g/mol. The zero-order valence-corrected chi connectivity index (χ0v) is 19.3. The van der Waals surface area contributed by atoms with Gasteiger partial charge >= 0.3 is 0 Å². The summed E-state index contributed by atoms with van der Waals surface area (Å²) in [5.74, 6) is -0.345. The van der Waals surface area contributed by atoms with Crippen LogP contribution in [0.25, 0.3) is 5.78 Å². The van der Waals surface area contributed by atoms with E-state index < -0.39 is 5.91 Å². The van der Waals surface area contributed by atoms with Gasteiger partial charge in [-0.3, -0.25) is 9.59 Å². The number of nitrogens with two attached hydrogens (primary N) is 1. The minimum atomic E-state index is -0.454. The third-order valence-corrected chi connectivity index (χ3v) is 5.24. The minimum Gasteiger partial charge on any atom is -0.347 e. The highest BCUT2D eigenvalue weighted by Crippen LogP contribution is 2.12. The normalized spacial score (nSPS) is 11.4. The van der Waals surface area contributed by atoms with E-state index in [1.54, 1.807) is 19.1 Å². The van der Waals surface area contributed by atoms with Crippen molar-refractivity contribution in [1.82, 2.24) is 24.9 Å². The summed E-state index contributed by atoms with van der Waals surface area (Å²) in [7, 11) is 0. The van der Waals surface area contributed by atoms with E-state index in [9.17, 15) is 14.0 Å². The van der Waals surface area contributed by atoms with Crippen molar-refractivity contribution in [3.63, 3.8) is 0 Å². The maximum absolute atomic E-state index is 13.3. The minimum absolute atomic E-state index is 0.0690. The van der Waals surface area contributed by atoms with E-state index in [1.165, 1.54) is 35.5 Å². The Kier molecular flexibility index (Phi) is 8.15. The molecule has 2 aromatic heterocycles. The molecule has 0 aliphatic heterocycles. The predicted octanol–water partition coefficient (Wildman–Crippen LogP) is 3.45. The van der Waals surface area contributed by atoms with Gasteiger partial charge in [0, 0.05) is 13.5 Å².